The number of halogens is 2. The minimum Gasteiger partial charge on any atom is -0.490 e. The molecule has 2 N–H and O–H groups in total. The zero-order valence-electron chi connectivity index (χ0n) is 17.4. The third-order valence-electron chi connectivity index (χ3n) is 4.38. The Hall–Kier alpha value is -2.89. The van der Waals surface area contributed by atoms with Gasteiger partial charge in [-0.3, -0.25) is 4.79 Å². The average Bonchev–Trinajstić information content (AvgIpc) is 2.73. The van der Waals surface area contributed by atoms with E-state index in [-0.39, 0.29) is 12.5 Å². The zero-order chi connectivity index (χ0) is 22.2. The van der Waals surface area contributed by atoms with Crippen molar-refractivity contribution in [1.29, 1.82) is 0 Å². The predicted molar refractivity (Wildman–Crippen MR) is 127 cm³/mol. The third-order valence-corrected chi connectivity index (χ3v) is 4.99. The maximum absolute atomic E-state index is 12.3. The molecule has 0 fully saturated rings. The van der Waals surface area contributed by atoms with Crippen molar-refractivity contribution in [3.63, 3.8) is 0 Å². The number of ether oxygens (including phenoxy) is 2. The molecule has 3 aromatic rings. The molecule has 162 valence electrons. The maximum atomic E-state index is 12.3. The van der Waals surface area contributed by atoms with Crippen LogP contribution in [0, 0.1) is 6.92 Å². The highest BCUT2D eigenvalue weighted by Crippen LogP contribution is 2.37. The van der Waals surface area contributed by atoms with E-state index in [0.717, 1.165) is 16.8 Å². The molecule has 0 atom stereocenters. The second-order valence-electron chi connectivity index (χ2n) is 6.88. The molecule has 3 rings (SSSR count). The first-order valence-corrected chi connectivity index (χ1v) is 10.6. The van der Waals surface area contributed by atoms with Crippen molar-refractivity contribution in [2.24, 2.45) is 0 Å². The number of hydrogen-bond acceptors (Lipinski definition) is 4. The summed E-state index contributed by atoms with van der Waals surface area (Å²) in [7, 11) is 0. The van der Waals surface area contributed by atoms with Gasteiger partial charge in [0.25, 0.3) is 5.91 Å². The number of carbonyl (C=O) groups excluding carboxylic acids is 1. The molecule has 0 unspecified atom stereocenters. The van der Waals surface area contributed by atoms with E-state index in [2.05, 4.69) is 10.6 Å². The van der Waals surface area contributed by atoms with Crippen LogP contribution in [0.25, 0.3) is 0 Å². The minimum atomic E-state index is -0.284. The Morgan fingerprint density at radius 3 is 2.52 bits per heavy atom. The van der Waals surface area contributed by atoms with Crippen LogP contribution < -0.4 is 20.1 Å². The molecule has 7 heteroatoms. The summed E-state index contributed by atoms with van der Waals surface area (Å²) >= 11 is 12.7. The van der Waals surface area contributed by atoms with Crippen LogP contribution in [0.1, 0.15) is 18.1 Å². The molecule has 0 saturated carbocycles. The van der Waals surface area contributed by atoms with E-state index in [0.29, 0.717) is 40.4 Å². The monoisotopic (exact) mass is 458 g/mol. The fourth-order valence-corrected chi connectivity index (χ4v) is 3.48. The molecule has 0 aromatic heterocycles. The minimum absolute atomic E-state index is 0.190. The van der Waals surface area contributed by atoms with Crippen LogP contribution in [0.2, 0.25) is 10.0 Å². The van der Waals surface area contributed by atoms with Gasteiger partial charge in [-0.2, -0.15) is 0 Å². The summed E-state index contributed by atoms with van der Waals surface area (Å²) in [6.07, 6.45) is 0. The van der Waals surface area contributed by atoms with Crippen molar-refractivity contribution in [2.75, 3.05) is 23.8 Å². The largest absolute Gasteiger partial charge is 0.490 e. The molecule has 5 nitrogen and oxygen atoms in total. The Labute approximate surface area is 192 Å². The van der Waals surface area contributed by atoms with Gasteiger partial charge >= 0.3 is 0 Å². The maximum Gasteiger partial charge on any atom is 0.262 e. The van der Waals surface area contributed by atoms with Crippen molar-refractivity contribution in [3.05, 3.63) is 81.8 Å². The highest BCUT2D eigenvalue weighted by Gasteiger charge is 2.15. The van der Waals surface area contributed by atoms with Gasteiger partial charge in [0.15, 0.2) is 18.1 Å². The molecule has 3 aromatic carbocycles. The molecule has 31 heavy (non-hydrogen) atoms. The van der Waals surface area contributed by atoms with Crippen molar-refractivity contribution in [1.82, 2.24) is 0 Å². The van der Waals surface area contributed by atoms with Crippen LogP contribution in [0.4, 0.5) is 11.4 Å². The lowest BCUT2D eigenvalue weighted by atomic mass is 10.2. The number of anilines is 2. The molecule has 0 radical (unpaired) electrons. The second-order valence-corrected chi connectivity index (χ2v) is 7.69. The molecule has 0 saturated heterocycles. The van der Waals surface area contributed by atoms with Crippen LogP contribution in [-0.4, -0.2) is 19.1 Å². The lowest BCUT2D eigenvalue weighted by Crippen LogP contribution is -2.20. The van der Waals surface area contributed by atoms with E-state index >= 15 is 0 Å². The van der Waals surface area contributed by atoms with Gasteiger partial charge in [-0.15, -0.1) is 0 Å². The third kappa shape index (κ3) is 6.54. The fourth-order valence-electron chi connectivity index (χ4n) is 2.99. The Bertz CT molecular complexity index is 1060. The van der Waals surface area contributed by atoms with Crippen LogP contribution in [0.3, 0.4) is 0 Å². The SMILES string of the molecule is CCOc1cc(CNc2ccccc2Cl)cc(Cl)c1OCC(=O)Nc1cccc(C)c1. The van der Waals surface area contributed by atoms with Crippen LogP contribution in [0.15, 0.2) is 60.7 Å². The number of amides is 1. The standard InChI is InChI=1S/C24H24Cl2N2O3/c1-3-30-22-13-17(14-27-21-10-5-4-9-19(21)25)12-20(26)24(22)31-15-23(29)28-18-8-6-7-16(2)11-18/h4-13,27H,3,14-15H2,1-2H3,(H,28,29). The lowest BCUT2D eigenvalue weighted by molar-refractivity contribution is -0.118. The quantitative estimate of drug-likeness (QED) is 0.393. The van der Waals surface area contributed by atoms with Crippen LogP contribution in [0.5, 0.6) is 11.5 Å². The topological polar surface area (TPSA) is 59.6 Å². The van der Waals surface area contributed by atoms with Gasteiger partial charge in [0.1, 0.15) is 0 Å². The van der Waals surface area contributed by atoms with E-state index < -0.39 is 0 Å². The molecular weight excluding hydrogens is 435 g/mol. The number of hydrogen-bond donors (Lipinski definition) is 2. The molecule has 0 aliphatic rings. The Morgan fingerprint density at radius 2 is 1.77 bits per heavy atom. The van der Waals surface area contributed by atoms with E-state index in [1.54, 1.807) is 6.07 Å². The van der Waals surface area contributed by atoms with Crippen LogP contribution in [-0.2, 0) is 11.3 Å². The lowest BCUT2D eigenvalue weighted by Gasteiger charge is -2.16. The number of para-hydroxylation sites is 1. The molecular formula is C24H24Cl2N2O3. The summed E-state index contributed by atoms with van der Waals surface area (Å²) in [5.74, 6) is 0.535. The van der Waals surface area contributed by atoms with E-state index in [1.807, 2.05) is 68.4 Å². The summed E-state index contributed by atoms with van der Waals surface area (Å²) in [4.78, 5) is 12.3. The molecule has 1 amide bonds. The summed E-state index contributed by atoms with van der Waals surface area (Å²) in [5.41, 5.74) is 3.49. The van der Waals surface area contributed by atoms with Gasteiger partial charge in [0.05, 0.1) is 22.3 Å². The normalized spacial score (nSPS) is 10.5. The smallest absolute Gasteiger partial charge is 0.262 e. The number of rotatable bonds is 9. The van der Waals surface area contributed by atoms with Crippen molar-refractivity contribution in [2.45, 2.75) is 20.4 Å². The molecule has 0 aliphatic heterocycles. The van der Waals surface area contributed by atoms with E-state index in [1.165, 1.54) is 0 Å². The Morgan fingerprint density at radius 1 is 0.968 bits per heavy atom. The number of benzene rings is 3. The summed E-state index contributed by atoms with van der Waals surface area (Å²) in [6.45, 7) is 4.57. The van der Waals surface area contributed by atoms with Gasteiger partial charge in [-0.05, 0) is 61.4 Å². The fraction of sp³-hybridized carbons (Fsp3) is 0.208. The molecule has 0 heterocycles. The van der Waals surface area contributed by atoms with Crippen molar-refractivity contribution >= 4 is 40.5 Å². The number of carbonyl (C=O) groups is 1. The summed E-state index contributed by atoms with van der Waals surface area (Å²) in [5, 5.41) is 7.09. The zero-order valence-corrected chi connectivity index (χ0v) is 18.9. The highest BCUT2D eigenvalue weighted by molar-refractivity contribution is 6.33. The Kier molecular flexibility index (Phi) is 8.04. The first kappa shape index (κ1) is 22.8. The number of nitrogens with one attached hydrogen (secondary N) is 2. The molecule has 0 spiro atoms. The Balaban J connectivity index is 1.68. The van der Waals surface area contributed by atoms with Crippen molar-refractivity contribution in [3.8, 4) is 11.5 Å². The first-order valence-electron chi connectivity index (χ1n) is 9.89. The van der Waals surface area contributed by atoms with Gasteiger partial charge < -0.3 is 20.1 Å². The van der Waals surface area contributed by atoms with Gasteiger partial charge in [-0.1, -0.05) is 47.5 Å². The van der Waals surface area contributed by atoms with E-state index in [4.69, 9.17) is 32.7 Å². The van der Waals surface area contributed by atoms with E-state index in [9.17, 15) is 4.79 Å². The van der Waals surface area contributed by atoms with Gasteiger partial charge in [0, 0.05) is 12.2 Å². The summed E-state index contributed by atoms with van der Waals surface area (Å²) < 4.78 is 11.4. The number of aryl methyl sites for hydroxylation is 1. The second kappa shape index (κ2) is 10.9. The first-order chi connectivity index (χ1) is 15.0. The van der Waals surface area contributed by atoms with Gasteiger partial charge in [-0.25, -0.2) is 0 Å². The van der Waals surface area contributed by atoms with Gasteiger partial charge in [0.2, 0.25) is 0 Å². The summed E-state index contributed by atoms with van der Waals surface area (Å²) in [6, 6.07) is 18.7. The highest BCUT2D eigenvalue weighted by atomic mass is 35.5. The van der Waals surface area contributed by atoms with Crippen molar-refractivity contribution < 1.29 is 14.3 Å². The predicted octanol–water partition coefficient (Wildman–Crippen LogP) is 6.33. The molecule has 0 bridgehead atoms. The molecule has 0 aliphatic carbocycles. The average molecular weight is 459 g/mol. The van der Waals surface area contributed by atoms with Crippen LogP contribution >= 0.6 is 23.2 Å².